The van der Waals surface area contributed by atoms with Gasteiger partial charge in [-0.05, 0) is 36.4 Å². The summed E-state index contributed by atoms with van der Waals surface area (Å²) in [7, 11) is 0. The average Bonchev–Trinajstić information content (AvgIpc) is 2.69. The molecule has 0 aromatic heterocycles. The van der Waals surface area contributed by atoms with Gasteiger partial charge >= 0.3 is 27.3 Å². The maximum atomic E-state index is 10.2. The van der Waals surface area contributed by atoms with Crippen LogP contribution in [0.25, 0.3) is 0 Å². The summed E-state index contributed by atoms with van der Waals surface area (Å²) >= 11 is 0. The fourth-order valence-corrected chi connectivity index (χ4v) is 1.94. The second-order valence-electron chi connectivity index (χ2n) is 5.41. The number of carbonyl (C=O) groups is 3. The number of carboxylic acid groups (broad SMARTS) is 3. The molecule has 31 heavy (non-hydrogen) atoms. The third-order valence-corrected chi connectivity index (χ3v) is 3.37. The van der Waals surface area contributed by atoms with Crippen LogP contribution in [0.5, 0.6) is 17.2 Å². The summed E-state index contributed by atoms with van der Waals surface area (Å²) in [6.45, 7) is 0. The number of aromatic carboxylic acids is 3. The van der Waals surface area contributed by atoms with E-state index in [0.29, 0.717) is 0 Å². The second-order valence-corrected chi connectivity index (χ2v) is 5.41. The Balaban J connectivity index is 0.000000429. The zero-order chi connectivity index (χ0) is 22.7. The van der Waals surface area contributed by atoms with Crippen molar-refractivity contribution in [2.75, 3.05) is 0 Å². The Bertz CT molecular complexity index is 903. The third-order valence-electron chi connectivity index (χ3n) is 3.37. The number of para-hydroxylation sites is 3. The Hall–Kier alpha value is -3.61. The molecule has 157 valence electrons. The molecule has 0 atom stereocenters. The van der Waals surface area contributed by atoms with E-state index in [2.05, 4.69) is 0 Å². The van der Waals surface area contributed by atoms with Crippen LogP contribution in [0.15, 0.2) is 72.8 Å². The number of phenols is 3. The minimum absolute atomic E-state index is 0. The van der Waals surface area contributed by atoms with E-state index in [1.807, 2.05) is 0 Å². The van der Waals surface area contributed by atoms with Crippen molar-refractivity contribution in [2.24, 2.45) is 0 Å². The topological polar surface area (TPSA) is 181 Å². The molecule has 0 unspecified atom stereocenters. The summed E-state index contributed by atoms with van der Waals surface area (Å²) in [5.74, 6) is -4.87. The molecule has 0 fully saturated rings. The quantitative estimate of drug-likeness (QED) is 0.307. The summed E-state index contributed by atoms with van der Waals surface area (Å²) in [5.41, 5.74) is -0.535. The van der Waals surface area contributed by atoms with Crippen molar-refractivity contribution in [1.82, 2.24) is 0 Å². The first kappa shape index (κ1) is 27.4. The van der Waals surface area contributed by atoms with Crippen LogP contribution in [0.4, 0.5) is 0 Å². The Kier molecular flexibility index (Phi) is 12.0. The van der Waals surface area contributed by atoms with Crippen molar-refractivity contribution in [3.8, 4) is 17.2 Å². The van der Waals surface area contributed by atoms with Crippen LogP contribution >= 0.6 is 0 Å². The minimum Gasteiger partial charge on any atom is -0.545 e. The molecule has 0 bridgehead atoms. The zero-order valence-electron chi connectivity index (χ0n) is 15.7. The van der Waals surface area contributed by atoms with Crippen molar-refractivity contribution in [3.63, 3.8) is 0 Å². The van der Waals surface area contributed by atoms with Crippen LogP contribution in [0.2, 0.25) is 0 Å². The molecule has 0 aliphatic carbocycles. The molecule has 10 heteroatoms. The van der Waals surface area contributed by atoms with E-state index >= 15 is 0 Å². The zero-order valence-corrected chi connectivity index (χ0v) is 19.6. The molecule has 0 spiro atoms. The maximum absolute atomic E-state index is 10.2. The first-order valence-electron chi connectivity index (χ1n) is 8.13. The summed E-state index contributed by atoms with van der Waals surface area (Å²) < 4.78 is 0. The first-order valence-corrected chi connectivity index (χ1v) is 8.13. The smallest absolute Gasteiger partial charge is 0.545 e. The summed E-state index contributed by atoms with van der Waals surface area (Å²) in [5, 5.41) is 57.0. The molecular formula is C21H15O9Pb. The van der Waals surface area contributed by atoms with E-state index in [9.17, 15) is 29.7 Å². The molecule has 0 aliphatic heterocycles. The van der Waals surface area contributed by atoms with E-state index < -0.39 is 17.9 Å². The summed E-state index contributed by atoms with van der Waals surface area (Å²) in [6.07, 6.45) is 0. The predicted octanol–water partition coefficient (Wildman–Crippen LogP) is -1.11. The Labute approximate surface area is 196 Å². The number of hydrogen-bond acceptors (Lipinski definition) is 9. The van der Waals surface area contributed by atoms with E-state index in [1.165, 1.54) is 54.6 Å². The van der Waals surface area contributed by atoms with Crippen molar-refractivity contribution in [3.05, 3.63) is 89.5 Å². The van der Waals surface area contributed by atoms with Gasteiger partial charge in [-0.15, -0.1) is 0 Å². The Morgan fingerprint density at radius 2 is 0.677 bits per heavy atom. The van der Waals surface area contributed by atoms with Gasteiger partial charge in [-0.3, -0.25) is 0 Å². The Morgan fingerprint density at radius 3 is 0.806 bits per heavy atom. The van der Waals surface area contributed by atoms with Crippen molar-refractivity contribution in [1.29, 1.82) is 0 Å². The molecule has 0 heterocycles. The molecule has 3 aromatic carbocycles. The molecule has 0 saturated carbocycles. The average molecular weight is 619 g/mol. The number of rotatable bonds is 3. The third kappa shape index (κ3) is 9.17. The van der Waals surface area contributed by atoms with Gasteiger partial charge in [0.05, 0.1) is 17.9 Å². The van der Waals surface area contributed by atoms with Crippen LogP contribution in [0.3, 0.4) is 0 Å². The van der Waals surface area contributed by atoms with Crippen LogP contribution in [-0.2, 0) is 0 Å². The predicted molar refractivity (Wildman–Crippen MR) is 103 cm³/mol. The van der Waals surface area contributed by atoms with Crippen LogP contribution in [0, 0.1) is 0 Å². The number of aromatic hydroxyl groups is 3. The molecular weight excluding hydrogens is 603 g/mol. The number of carboxylic acids is 3. The van der Waals surface area contributed by atoms with E-state index in [1.54, 1.807) is 18.2 Å². The molecule has 3 rings (SSSR count). The standard InChI is InChI=1S/3C7H6O3.Pb/c3*8-6-4-2-1-3-5(6)7(9)10;/h3*1-4,8H,(H,9,10);/q;;;+3/p-3. The monoisotopic (exact) mass is 619 g/mol. The number of benzene rings is 3. The molecule has 0 saturated heterocycles. The fraction of sp³-hybridized carbons (Fsp3) is 0. The van der Waals surface area contributed by atoms with Crippen LogP contribution < -0.4 is 15.3 Å². The molecule has 3 N–H and O–H groups in total. The summed E-state index contributed by atoms with van der Waals surface area (Å²) in [6, 6.07) is 16.9. The van der Waals surface area contributed by atoms with Crippen molar-refractivity contribution in [2.45, 2.75) is 0 Å². The first-order chi connectivity index (χ1) is 14.1. The van der Waals surface area contributed by atoms with Gasteiger partial charge in [0.1, 0.15) is 17.2 Å². The van der Waals surface area contributed by atoms with Gasteiger partial charge in [-0.25, -0.2) is 0 Å². The molecule has 3 aromatic rings. The molecule has 1 radical (unpaired) electrons. The number of hydrogen-bond donors (Lipinski definition) is 3. The second kappa shape index (κ2) is 13.6. The van der Waals surface area contributed by atoms with Gasteiger partial charge in [0, 0.05) is 16.7 Å². The summed E-state index contributed by atoms with van der Waals surface area (Å²) in [4.78, 5) is 30.5. The molecule has 0 aliphatic rings. The molecule has 0 amide bonds. The molecule has 9 nitrogen and oxygen atoms in total. The van der Waals surface area contributed by atoms with E-state index in [-0.39, 0.29) is 61.2 Å². The van der Waals surface area contributed by atoms with Gasteiger partial charge in [0.25, 0.3) is 0 Å². The van der Waals surface area contributed by atoms with Gasteiger partial charge in [0.15, 0.2) is 0 Å². The van der Waals surface area contributed by atoms with Crippen LogP contribution in [0.1, 0.15) is 31.1 Å². The van der Waals surface area contributed by atoms with Gasteiger partial charge < -0.3 is 45.0 Å². The van der Waals surface area contributed by atoms with Crippen LogP contribution in [-0.4, -0.2) is 60.5 Å². The Morgan fingerprint density at radius 1 is 0.484 bits per heavy atom. The van der Waals surface area contributed by atoms with E-state index in [4.69, 9.17) is 15.3 Å². The van der Waals surface area contributed by atoms with E-state index in [0.717, 1.165) is 0 Å². The van der Waals surface area contributed by atoms with Crippen molar-refractivity contribution >= 4 is 45.2 Å². The maximum Gasteiger partial charge on any atom is 3.00 e. The largest absolute Gasteiger partial charge is 3.00 e. The SMILES string of the molecule is O=C([O-])c1ccccc1O.O=C([O-])c1ccccc1O.O=C([O-])c1ccccc1O.[Pb+3]. The normalized spacial score (nSPS) is 8.90. The minimum atomic E-state index is -1.36. The van der Waals surface area contributed by atoms with Gasteiger partial charge in [0.2, 0.25) is 0 Å². The number of carbonyl (C=O) groups excluding carboxylic acids is 3. The van der Waals surface area contributed by atoms with Crippen molar-refractivity contribution < 1.29 is 45.0 Å². The van der Waals surface area contributed by atoms with Gasteiger partial charge in [-0.2, -0.15) is 0 Å². The fourth-order valence-electron chi connectivity index (χ4n) is 1.94. The van der Waals surface area contributed by atoms with Gasteiger partial charge in [-0.1, -0.05) is 36.4 Å².